The van der Waals surface area contributed by atoms with Gasteiger partial charge in [-0.25, -0.2) is 4.79 Å². The van der Waals surface area contributed by atoms with E-state index in [2.05, 4.69) is 17.1 Å². The molecule has 1 aliphatic heterocycles. The molecule has 4 nitrogen and oxygen atoms in total. The molecule has 0 spiro atoms. The van der Waals surface area contributed by atoms with Crippen molar-refractivity contribution in [3.63, 3.8) is 0 Å². The predicted octanol–water partition coefficient (Wildman–Crippen LogP) is 2.59. The number of hydrogen-bond donors (Lipinski definition) is 2. The number of carboxylic acid groups (broad SMARTS) is 1. The van der Waals surface area contributed by atoms with E-state index in [-0.39, 0.29) is 6.04 Å². The Labute approximate surface area is 114 Å². The van der Waals surface area contributed by atoms with E-state index in [9.17, 15) is 9.90 Å². The summed E-state index contributed by atoms with van der Waals surface area (Å²) in [5, 5.41) is 12.6. The van der Waals surface area contributed by atoms with Crippen molar-refractivity contribution in [1.29, 1.82) is 0 Å². The number of carboxylic acids is 1. The predicted molar refractivity (Wildman–Crippen MR) is 76.9 cm³/mol. The van der Waals surface area contributed by atoms with E-state index in [0.29, 0.717) is 5.56 Å². The molecular weight excluding hydrogens is 240 g/mol. The molecule has 4 heteroatoms. The molecule has 1 atom stereocenters. The normalized spacial score (nSPS) is 17.4. The minimum Gasteiger partial charge on any atom is -0.478 e. The highest BCUT2D eigenvalue weighted by Gasteiger charge is 2.17. The lowest BCUT2D eigenvalue weighted by Gasteiger charge is -2.23. The van der Waals surface area contributed by atoms with E-state index in [4.69, 9.17) is 0 Å². The standard InChI is InChI=1S/C15H22N2O2/c1-11-6-5-7-13(15(18)19)14(11)16-12(2)10-17-8-3-4-9-17/h5-7,12,16H,3-4,8-10H2,1-2H3,(H,18,19). The fraction of sp³-hybridized carbons (Fsp3) is 0.533. The molecule has 1 unspecified atom stereocenters. The molecule has 0 amide bonds. The molecule has 19 heavy (non-hydrogen) atoms. The van der Waals surface area contributed by atoms with Crippen LogP contribution in [-0.4, -0.2) is 41.7 Å². The van der Waals surface area contributed by atoms with Crippen LogP contribution in [0.15, 0.2) is 18.2 Å². The molecule has 1 aromatic rings. The Bertz CT molecular complexity index is 453. The van der Waals surface area contributed by atoms with Gasteiger partial charge in [0.15, 0.2) is 0 Å². The third-order valence-electron chi connectivity index (χ3n) is 3.62. The molecule has 0 saturated carbocycles. The Morgan fingerprint density at radius 3 is 2.74 bits per heavy atom. The number of likely N-dealkylation sites (tertiary alicyclic amines) is 1. The third kappa shape index (κ3) is 3.47. The maximum atomic E-state index is 11.2. The Kier molecular flexibility index (Phi) is 4.43. The van der Waals surface area contributed by atoms with Crippen LogP contribution in [0, 0.1) is 6.92 Å². The first kappa shape index (κ1) is 13.9. The second-order valence-corrected chi connectivity index (χ2v) is 5.36. The smallest absolute Gasteiger partial charge is 0.337 e. The van der Waals surface area contributed by atoms with Gasteiger partial charge in [0.25, 0.3) is 0 Å². The van der Waals surface area contributed by atoms with Gasteiger partial charge >= 0.3 is 5.97 Å². The zero-order chi connectivity index (χ0) is 13.8. The molecule has 2 rings (SSSR count). The number of rotatable bonds is 5. The van der Waals surface area contributed by atoms with E-state index in [1.807, 2.05) is 13.0 Å². The van der Waals surface area contributed by atoms with Gasteiger partial charge in [0.05, 0.1) is 11.3 Å². The first-order valence-corrected chi connectivity index (χ1v) is 6.89. The van der Waals surface area contributed by atoms with Crippen LogP contribution in [-0.2, 0) is 0 Å². The minimum atomic E-state index is -0.875. The molecule has 2 N–H and O–H groups in total. The van der Waals surface area contributed by atoms with Crippen molar-refractivity contribution in [2.45, 2.75) is 32.7 Å². The molecule has 1 saturated heterocycles. The van der Waals surface area contributed by atoms with E-state index < -0.39 is 5.97 Å². The minimum absolute atomic E-state index is 0.247. The van der Waals surface area contributed by atoms with Crippen LogP contribution in [0.5, 0.6) is 0 Å². The fourth-order valence-electron chi connectivity index (χ4n) is 2.68. The largest absolute Gasteiger partial charge is 0.478 e. The van der Waals surface area contributed by atoms with Crippen LogP contribution in [0.25, 0.3) is 0 Å². The SMILES string of the molecule is Cc1cccc(C(=O)O)c1NC(C)CN1CCCC1. The van der Waals surface area contributed by atoms with Crippen LogP contribution >= 0.6 is 0 Å². The first-order valence-electron chi connectivity index (χ1n) is 6.89. The molecule has 0 radical (unpaired) electrons. The summed E-state index contributed by atoms with van der Waals surface area (Å²) in [5.74, 6) is -0.875. The maximum absolute atomic E-state index is 11.2. The van der Waals surface area contributed by atoms with Crippen molar-refractivity contribution >= 4 is 11.7 Å². The molecule has 0 aromatic heterocycles. The van der Waals surface area contributed by atoms with Crippen molar-refractivity contribution in [2.75, 3.05) is 25.0 Å². The van der Waals surface area contributed by atoms with Crippen molar-refractivity contribution < 1.29 is 9.90 Å². The van der Waals surface area contributed by atoms with E-state index >= 15 is 0 Å². The van der Waals surface area contributed by atoms with Crippen LogP contribution in [0.1, 0.15) is 35.7 Å². The van der Waals surface area contributed by atoms with Gasteiger partial charge in [-0.05, 0) is 51.4 Å². The van der Waals surface area contributed by atoms with Crippen LogP contribution < -0.4 is 5.32 Å². The van der Waals surface area contributed by atoms with Crippen molar-refractivity contribution in [3.8, 4) is 0 Å². The monoisotopic (exact) mass is 262 g/mol. The Morgan fingerprint density at radius 1 is 1.42 bits per heavy atom. The molecule has 1 heterocycles. The average Bonchev–Trinajstić information content (AvgIpc) is 2.84. The van der Waals surface area contributed by atoms with Gasteiger partial charge in [0, 0.05) is 12.6 Å². The van der Waals surface area contributed by atoms with Gasteiger partial charge in [-0.2, -0.15) is 0 Å². The zero-order valence-corrected chi connectivity index (χ0v) is 11.6. The maximum Gasteiger partial charge on any atom is 0.337 e. The lowest BCUT2D eigenvalue weighted by atomic mass is 10.1. The summed E-state index contributed by atoms with van der Waals surface area (Å²) >= 11 is 0. The number of anilines is 1. The molecule has 104 valence electrons. The topological polar surface area (TPSA) is 52.6 Å². The average molecular weight is 262 g/mol. The van der Waals surface area contributed by atoms with Gasteiger partial charge in [0.1, 0.15) is 0 Å². The van der Waals surface area contributed by atoms with E-state index in [1.165, 1.54) is 12.8 Å². The lowest BCUT2D eigenvalue weighted by Crippen LogP contribution is -2.33. The second-order valence-electron chi connectivity index (χ2n) is 5.36. The summed E-state index contributed by atoms with van der Waals surface area (Å²) in [6.07, 6.45) is 2.55. The number of carbonyl (C=O) groups is 1. The Balaban J connectivity index is 2.06. The van der Waals surface area contributed by atoms with Crippen molar-refractivity contribution in [1.82, 2.24) is 4.90 Å². The summed E-state index contributed by atoms with van der Waals surface area (Å²) in [6.45, 7) is 7.33. The first-order chi connectivity index (χ1) is 9.08. The number of hydrogen-bond acceptors (Lipinski definition) is 3. The highest BCUT2D eigenvalue weighted by molar-refractivity contribution is 5.95. The van der Waals surface area contributed by atoms with Crippen LogP contribution in [0.4, 0.5) is 5.69 Å². The van der Waals surface area contributed by atoms with Crippen molar-refractivity contribution in [3.05, 3.63) is 29.3 Å². The lowest BCUT2D eigenvalue weighted by molar-refractivity contribution is 0.0698. The second kappa shape index (κ2) is 6.06. The van der Waals surface area contributed by atoms with Gasteiger partial charge in [0.2, 0.25) is 0 Å². The fourth-order valence-corrected chi connectivity index (χ4v) is 2.68. The van der Waals surface area contributed by atoms with Gasteiger partial charge in [-0.1, -0.05) is 12.1 Å². The zero-order valence-electron chi connectivity index (χ0n) is 11.6. The summed E-state index contributed by atoms with van der Waals surface area (Å²) in [5.41, 5.74) is 2.09. The molecule has 0 bridgehead atoms. The van der Waals surface area contributed by atoms with Crippen LogP contribution in [0.3, 0.4) is 0 Å². The highest BCUT2D eigenvalue weighted by Crippen LogP contribution is 2.22. The van der Waals surface area contributed by atoms with E-state index in [0.717, 1.165) is 30.9 Å². The number of aryl methyl sites for hydroxylation is 1. The summed E-state index contributed by atoms with van der Waals surface area (Å²) in [7, 11) is 0. The van der Waals surface area contributed by atoms with Gasteiger partial charge in [-0.3, -0.25) is 0 Å². The van der Waals surface area contributed by atoms with E-state index in [1.54, 1.807) is 12.1 Å². The van der Waals surface area contributed by atoms with Gasteiger partial charge < -0.3 is 15.3 Å². The number of aromatic carboxylic acids is 1. The molecule has 1 aliphatic rings. The quantitative estimate of drug-likeness (QED) is 0.856. The summed E-state index contributed by atoms with van der Waals surface area (Å²) in [4.78, 5) is 13.7. The number of benzene rings is 1. The molecular formula is C15H22N2O2. The molecule has 1 aromatic carbocycles. The summed E-state index contributed by atoms with van der Waals surface area (Å²) < 4.78 is 0. The number of para-hydroxylation sites is 1. The third-order valence-corrected chi connectivity index (χ3v) is 3.62. The number of nitrogens with zero attached hydrogens (tertiary/aromatic N) is 1. The van der Waals surface area contributed by atoms with Crippen LogP contribution in [0.2, 0.25) is 0 Å². The number of nitrogens with one attached hydrogen (secondary N) is 1. The highest BCUT2D eigenvalue weighted by atomic mass is 16.4. The Hall–Kier alpha value is -1.55. The summed E-state index contributed by atoms with van der Waals surface area (Å²) in [6, 6.07) is 5.63. The molecule has 1 fully saturated rings. The van der Waals surface area contributed by atoms with Gasteiger partial charge in [-0.15, -0.1) is 0 Å². The van der Waals surface area contributed by atoms with Crippen molar-refractivity contribution in [2.24, 2.45) is 0 Å². The molecule has 0 aliphatic carbocycles. The Morgan fingerprint density at radius 2 is 2.11 bits per heavy atom.